The molecule has 1 unspecified atom stereocenters. The molecule has 0 bridgehead atoms. The second-order valence-electron chi connectivity index (χ2n) is 6.23. The molecule has 3 rings (SSSR count). The van der Waals surface area contributed by atoms with E-state index in [1.54, 1.807) is 31.3 Å². The van der Waals surface area contributed by atoms with Crippen LogP contribution in [0, 0.1) is 5.92 Å². The lowest BCUT2D eigenvalue weighted by molar-refractivity contribution is -0.151. The first-order valence-electron chi connectivity index (χ1n) is 8.61. The number of fused-ring (bicyclic) bond motifs is 1. The summed E-state index contributed by atoms with van der Waals surface area (Å²) < 4.78 is 15.8. The van der Waals surface area contributed by atoms with Gasteiger partial charge in [0.2, 0.25) is 5.91 Å². The van der Waals surface area contributed by atoms with Gasteiger partial charge in [0.25, 0.3) is 0 Å². The van der Waals surface area contributed by atoms with Gasteiger partial charge in [0, 0.05) is 30.1 Å². The SMILES string of the molecule is CCOC(=O)C1CCCN(C(=O)Cc2coc3cc(OC)ccc23)C1. The highest BCUT2D eigenvalue weighted by molar-refractivity contribution is 5.88. The number of nitrogens with zero attached hydrogens (tertiary/aromatic N) is 1. The van der Waals surface area contributed by atoms with Crippen molar-refractivity contribution in [2.24, 2.45) is 5.92 Å². The van der Waals surface area contributed by atoms with Crippen molar-refractivity contribution in [2.75, 3.05) is 26.8 Å². The molecule has 0 N–H and O–H groups in total. The zero-order valence-corrected chi connectivity index (χ0v) is 14.6. The van der Waals surface area contributed by atoms with Gasteiger partial charge in [-0.15, -0.1) is 0 Å². The molecule has 0 radical (unpaired) electrons. The number of carbonyl (C=O) groups is 2. The number of hydrogen-bond acceptors (Lipinski definition) is 5. The number of piperidine rings is 1. The second-order valence-corrected chi connectivity index (χ2v) is 6.23. The molecule has 6 nitrogen and oxygen atoms in total. The monoisotopic (exact) mass is 345 g/mol. The third-order valence-electron chi connectivity index (χ3n) is 4.60. The molecule has 1 atom stereocenters. The molecule has 1 aromatic heterocycles. The Bertz CT molecular complexity index is 766. The Balaban J connectivity index is 1.68. The molecule has 1 aliphatic rings. The summed E-state index contributed by atoms with van der Waals surface area (Å²) in [7, 11) is 1.60. The third-order valence-corrected chi connectivity index (χ3v) is 4.60. The Morgan fingerprint density at radius 1 is 1.36 bits per heavy atom. The zero-order chi connectivity index (χ0) is 17.8. The number of rotatable bonds is 5. The minimum Gasteiger partial charge on any atom is -0.497 e. The lowest BCUT2D eigenvalue weighted by atomic mass is 9.97. The minimum absolute atomic E-state index is 0.00696. The predicted molar refractivity (Wildman–Crippen MR) is 92.4 cm³/mol. The van der Waals surface area contributed by atoms with Gasteiger partial charge >= 0.3 is 5.97 Å². The second kappa shape index (κ2) is 7.59. The van der Waals surface area contributed by atoms with Crippen molar-refractivity contribution in [1.29, 1.82) is 0 Å². The molecule has 6 heteroatoms. The summed E-state index contributed by atoms with van der Waals surface area (Å²) in [6.07, 6.45) is 3.47. The van der Waals surface area contributed by atoms with Gasteiger partial charge in [-0.05, 0) is 31.9 Å². The average molecular weight is 345 g/mol. The van der Waals surface area contributed by atoms with Crippen molar-refractivity contribution in [2.45, 2.75) is 26.2 Å². The van der Waals surface area contributed by atoms with Gasteiger partial charge in [-0.1, -0.05) is 0 Å². The van der Waals surface area contributed by atoms with E-state index in [0.717, 1.165) is 23.8 Å². The predicted octanol–water partition coefficient (Wildman–Crippen LogP) is 2.79. The van der Waals surface area contributed by atoms with Crippen LogP contribution in [0.1, 0.15) is 25.3 Å². The number of likely N-dealkylation sites (tertiary alicyclic amines) is 1. The van der Waals surface area contributed by atoms with Gasteiger partial charge in [0.1, 0.15) is 11.3 Å². The lowest BCUT2D eigenvalue weighted by Crippen LogP contribution is -2.43. The van der Waals surface area contributed by atoms with E-state index in [1.165, 1.54) is 0 Å². The topological polar surface area (TPSA) is 69.0 Å². The number of amides is 1. The highest BCUT2D eigenvalue weighted by atomic mass is 16.5. The van der Waals surface area contributed by atoms with Crippen LogP contribution in [-0.2, 0) is 20.7 Å². The first kappa shape index (κ1) is 17.3. The summed E-state index contributed by atoms with van der Waals surface area (Å²) in [5.41, 5.74) is 1.55. The summed E-state index contributed by atoms with van der Waals surface area (Å²) in [5, 5.41) is 0.910. The Morgan fingerprint density at radius 3 is 2.96 bits per heavy atom. The number of ether oxygens (including phenoxy) is 2. The molecule has 25 heavy (non-hydrogen) atoms. The normalized spacial score (nSPS) is 17.5. The smallest absolute Gasteiger partial charge is 0.310 e. The largest absolute Gasteiger partial charge is 0.497 e. The Morgan fingerprint density at radius 2 is 2.20 bits per heavy atom. The Kier molecular flexibility index (Phi) is 5.26. The van der Waals surface area contributed by atoms with E-state index in [-0.39, 0.29) is 24.2 Å². The van der Waals surface area contributed by atoms with Gasteiger partial charge in [0.15, 0.2) is 0 Å². The number of furan rings is 1. The number of methoxy groups -OCH3 is 1. The quantitative estimate of drug-likeness (QED) is 0.780. The van der Waals surface area contributed by atoms with Gasteiger partial charge in [-0.3, -0.25) is 9.59 Å². The van der Waals surface area contributed by atoms with Gasteiger partial charge in [-0.2, -0.15) is 0 Å². The van der Waals surface area contributed by atoms with E-state index in [0.29, 0.717) is 31.0 Å². The highest BCUT2D eigenvalue weighted by Crippen LogP contribution is 2.27. The molecular formula is C19H23NO5. The van der Waals surface area contributed by atoms with Crippen LogP contribution in [0.25, 0.3) is 11.0 Å². The summed E-state index contributed by atoms with van der Waals surface area (Å²) >= 11 is 0. The van der Waals surface area contributed by atoms with Crippen LogP contribution in [0.3, 0.4) is 0 Å². The van der Waals surface area contributed by atoms with Crippen LogP contribution in [0.4, 0.5) is 0 Å². The van der Waals surface area contributed by atoms with Crippen molar-refractivity contribution in [3.8, 4) is 5.75 Å². The maximum Gasteiger partial charge on any atom is 0.310 e. The molecule has 1 aliphatic heterocycles. The molecule has 0 aliphatic carbocycles. The number of benzene rings is 1. The highest BCUT2D eigenvalue weighted by Gasteiger charge is 2.29. The summed E-state index contributed by atoms with van der Waals surface area (Å²) in [4.78, 5) is 26.4. The molecule has 1 aromatic carbocycles. The molecule has 1 fully saturated rings. The van der Waals surface area contributed by atoms with Crippen molar-refractivity contribution >= 4 is 22.8 Å². The first-order valence-corrected chi connectivity index (χ1v) is 8.61. The van der Waals surface area contributed by atoms with E-state index in [9.17, 15) is 9.59 Å². The number of carbonyl (C=O) groups excluding carboxylic acids is 2. The standard InChI is InChI=1S/C19H23NO5/c1-3-24-19(22)13-5-4-8-20(11-13)18(21)9-14-12-25-17-10-15(23-2)6-7-16(14)17/h6-7,10,12-13H,3-5,8-9,11H2,1-2H3. The van der Waals surface area contributed by atoms with Gasteiger partial charge < -0.3 is 18.8 Å². The van der Waals surface area contributed by atoms with Crippen molar-refractivity contribution in [3.05, 3.63) is 30.0 Å². The number of esters is 1. The Hall–Kier alpha value is -2.50. The van der Waals surface area contributed by atoms with E-state index in [2.05, 4.69) is 0 Å². The summed E-state index contributed by atoms with van der Waals surface area (Å²) in [6.45, 7) is 3.27. The Labute approximate surface area is 146 Å². The zero-order valence-electron chi connectivity index (χ0n) is 14.6. The van der Waals surface area contributed by atoms with E-state index in [4.69, 9.17) is 13.9 Å². The van der Waals surface area contributed by atoms with Crippen LogP contribution in [0.5, 0.6) is 5.75 Å². The van der Waals surface area contributed by atoms with Crippen LogP contribution in [0.2, 0.25) is 0 Å². The van der Waals surface area contributed by atoms with Crippen LogP contribution >= 0.6 is 0 Å². The molecule has 2 heterocycles. The molecular weight excluding hydrogens is 322 g/mol. The molecule has 0 spiro atoms. The van der Waals surface area contributed by atoms with E-state index < -0.39 is 0 Å². The fraction of sp³-hybridized carbons (Fsp3) is 0.474. The summed E-state index contributed by atoms with van der Waals surface area (Å²) in [6, 6.07) is 5.56. The van der Waals surface area contributed by atoms with Crippen LogP contribution in [-0.4, -0.2) is 43.6 Å². The van der Waals surface area contributed by atoms with Gasteiger partial charge in [0.05, 0.1) is 32.3 Å². The van der Waals surface area contributed by atoms with Crippen LogP contribution in [0.15, 0.2) is 28.9 Å². The van der Waals surface area contributed by atoms with E-state index in [1.807, 2.05) is 12.1 Å². The lowest BCUT2D eigenvalue weighted by Gasteiger charge is -2.31. The van der Waals surface area contributed by atoms with Crippen molar-refractivity contribution < 1.29 is 23.5 Å². The molecule has 1 amide bonds. The molecule has 134 valence electrons. The van der Waals surface area contributed by atoms with E-state index >= 15 is 0 Å². The average Bonchev–Trinajstić information content (AvgIpc) is 3.04. The van der Waals surface area contributed by atoms with Crippen molar-refractivity contribution in [3.63, 3.8) is 0 Å². The molecule has 2 aromatic rings. The summed E-state index contributed by atoms with van der Waals surface area (Å²) in [5.74, 6) is 0.296. The number of hydrogen-bond donors (Lipinski definition) is 0. The van der Waals surface area contributed by atoms with Crippen LogP contribution < -0.4 is 4.74 Å². The minimum atomic E-state index is -0.219. The molecule has 0 saturated carbocycles. The first-order chi connectivity index (χ1) is 12.1. The third kappa shape index (κ3) is 3.78. The fourth-order valence-electron chi connectivity index (χ4n) is 3.26. The molecule has 1 saturated heterocycles. The van der Waals surface area contributed by atoms with Crippen molar-refractivity contribution in [1.82, 2.24) is 4.90 Å². The maximum absolute atomic E-state index is 12.7. The van der Waals surface area contributed by atoms with Gasteiger partial charge in [-0.25, -0.2) is 0 Å². The fourth-order valence-corrected chi connectivity index (χ4v) is 3.26. The maximum atomic E-state index is 12.7.